The quantitative estimate of drug-likeness (QED) is 0.744. The van der Waals surface area contributed by atoms with Crippen LogP contribution in [0.1, 0.15) is 6.42 Å². The molecule has 0 unspecified atom stereocenters. The number of rotatable bonds is 2. The summed E-state index contributed by atoms with van der Waals surface area (Å²) in [6.45, 7) is 0.935. The van der Waals surface area contributed by atoms with Gasteiger partial charge in [0.2, 0.25) is 0 Å². The molecule has 0 amide bonds. The average Bonchev–Trinajstić information content (AvgIpc) is 2.71. The van der Waals surface area contributed by atoms with Crippen LogP contribution in [0.15, 0.2) is 17.2 Å². The smallest absolute Gasteiger partial charge is 0.308 e. The van der Waals surface area contributed by atoms with E-state index in [-0.39, 0.29) is 5.56 Å². The fraction of sp³-hybridized carbons (Fsp3) is 0.500. The van der Waals surface area contributed by atoms with Crippen LogP contribution >= 0.6 is 0 Å². The first-order valence-electron chi connectivity index (χ1n) is 5.09. The molecule has 1 aromatic rings. The molecular formula is C10H13N3O3. The number of carboxylic acids is 1. The standard InChI is InChI=1S/C10H13N3O3/c1-12-5-3-11-8(9(12)14)13-4-2-7(6-13)10(15)16/h3,5,7H,2,4,6H2,1H3,(H,15,16)/t7-/m1/s1. The average molecular weight is 223 g/mol. The van der Waals surface area contributed by atoms with Gasteiger partial charge >= 0.3 is 5.97 Å². The summed E-state index contributed by atoms with van der Waals surface area (Å²) in [4.78, 5) is 28.3. The minimum Gasteiger partial charge on any atom is -0.481 e. The van der Waals surface area contributed by atoms with Gasteiger partial charge in [-0.2, -0.15) is 0 Å². The van der Waals surface area contributed by atoms with Crippen molar-refractivity contribution in [2.75, 3.05) is 18.0 Å². The summed E-state index contributed by atoms with van der Waals surface area (Å²) in [5.74, 6) is -0.865. The van der Waals surface area contributed by atoms with Crippen LogP contribution in [0.4, 0.5) is 5.82 Å². The largest absolute Gasteiger partial charge is 0.481 e. The maximum absolute atomic E-state index is 11.7. The fourth-order valence-corrected chi connectivity index (χ4v) is 1.86. The van der Waals surface area contributed by atoms with Crippen LogP contribution < -0.4 is 10.5 Å². The Balaban J connectivity index is 2.24. The molecule has 1 aliphatic rings. The topological polar surface area (TPSA) is 75.4 Å². The number of aryl methyl sites for hydroxylation is 1. The second kappa shape index (κ2) is 3.96. The molecule has 0 spiro atoms. The van der Waals surface area contributed by atoms with Crippen LogP contribution in [0.25, 0.3) is 0 Å². The lowest BCUT2D eigenvalue weighted by molar-refractivity contribution is -0.140. The first-order valence-corrected chi connectivity index (χ1v) is 5.09. The Labute approximate surface area is 92.1 Å². The predicted molar refractivity (Wildman–Crippen MR) is 57.4 cm³/mol. The molecule has 0 aliphatic carbocycles. The summed E-state index contributed by atoms with van der Waals surface area (Å²) in [6.07, 6.45) is 3.69. The summed E-state index contributed by atoms with van der Waals surface area (Å²) in [5.41, 5.74) is -0.187. The van der Waals surface area contributed by atoms with Crippen molar-refractivity contribution in [3.8, 4) is 0 Å². The van der Waals surface area contributed by atoms with Gasteiger partial charge in [-0.3, -0.25) is 9.59 Å². The number of carboxylic acid groups (broad SMARTS) is 1. The molecular weight excluding hydrogens is 210 g/mol. The Hall–Kier alpha value is -1.85. The monoisotopic (exact) mass is 223 g/mol. The second-order valence-electron chi connectivity index (χ2n) is 3.94. The summed E-state index contributed by atoms with van der Waals surface area (Å²) in [7, 11) is 1.65. The van der Waals surface area contributed by atoms with Crippen molar-refractivity contribution in [2.24, 2.45) is 13.0 Å². The van der Waals surface area contributed by atoms with Gasteiger partial charge in [0.25, 0.3) is 5.56 Å². The highest BCUT2D eigenvalue weighted by Gasteiger charge is 2.29. The third-order valence-corrected chi connectivity index (χ3v) is 2.84. The van der Waals surface area contributed by atoms with Gasteiger partial charge in [-0.05, 0) is 6.42 Å². The maximum atomic E-state index is 11.7. The van der Waals surface area contributed by atoms with E-state index in [4.69, 9.17) is 5.11 Å². The van der Waals surface area contributed by atoms with Crippen molar-refractivity contribution in [1.82, 2.24) is 9.55 Å². The van der Waals surface area contributed by atoms with Crippen molar-refractivity contribution in [1.29, 1.82) is 0 Å². The van der Waals surface area contributed by atoms with E-state index in [9.17, 15) is 9.59 Å². The van der Waals surface area contributed by atoms with E-state index in [0.717, 1.165) is 0 Å². The van der Waals surface area contributed by atoms with E-state index in [1.54, 1.807) is 24.3 Å². The number of carbonyl (C=O) groups is 1. The van der Waals surface area contributed by atoms with Gasteiger partial charge in [0.05, 0.1) is 5.92 Å². The molecule has 0 radical (unpaired) electrons. The van der Waals surface area contributed by atoms with Crippen LogP contribution in [0, 0.1) is 5.92 Å². The number of aliphatic carboxylic acids is 1. The summed E-state index contributed by atoms with van der Waals surface area (Å²) >= 11 is 0. The molecule has 2 heterocycles. The molecule has 2 rings (SSSR count). The van der Waals surface area contributed by atoms with Crippen LogP contribution in [0.2, 0.25) is 0 Å². The van der Waals surface area contributed by atoms with Gasteiger partial charge in [-0.25, -0.2) is 4.98 Å². The SMILES string of the molecule is Cn1ccnc(N2CC[C@@H](C(=O)O)C2)c1=O. The normalized spacial score (nSPS) is 20.1. The lowest BCUT2D eigenvalue weighted by atomic mass is 10.1. The molecule has 0 saturated carbocycles. The summed E-state index contributed by atoms with van der Waals surface area (Å²) in [5, 5.41) is 8.87. The van der Waals surface area contributed by atoms with E-state index in [0.29, 0.717) is 25.3 Å². The maximum Gasteiger partial charge on any atom is 0.308 e. The van der Waals surface area contributed by atoms with Gasteiger partial charge in [-0.1, -0.05) is 0 Å². The van der Waals surface area contributed by atoms with Gasteiger partial charge in [0.1, 0.15) is 0 Å². The van der Waals surface area contributed by atoms with Crippen LogP contribution in [0.3, 0.4) is 0 Å². The first-order chi connectivity index (χ1) is 7.59. The van der Waals surface area contributed by atoms with E-state index in [1.165, 1.54) is 4.57 Å². The lowest BCUT2D eigenvalue weighted by Gasteiger charge is -2.15. The molecule has 0 bridgehead atoms. The van der Waals surface area contributed by atoms with Gasteiger partial charge in [-0.15, -0.1) is 0 Å². The number of hydrogen-bond donors (Lipinski definition) is 1. The van der Waals surface area contributed by atoms with Gasteiger partial charge < -0.3 is 14.6 Å². The molecule has 86 valence electrons. The third kappa shape index (κ3) is 1.78. The lowest BCUT2D eigenvalue weighted by Crippen LogP contribution is -2.31. The Morgan fingerprint density at radius 2 is 2.38 bits per heavy atom. The first kappa shape index (κ1) is 10.7. The molecule has 0 aromatic carbocycles. The minimum atomic E-state index is -0.810. The van der Waals surface area contributed by atoms with Crippen molar-refractivity contribution in [2.45, 2.75) is 6.42 Å². The third-order valence-electron chi connectivity index (χ3n) is 2.84. The molecule has 1 aliphatic heterocycles. The summed E-state index contributed by atoms with van der Waals surface area (Å²) in [6, 6.07) is 0. The molecule has 6 heteroatoms. The van der Waals surface area contributed by atoms with Crippen molar-refractivity contribution in [3.63, 3.8) is 0 Å². The Morgan fingerprint density at radius 1 is 1.62 bits per heavy atom. The Bertz CT molecular complexity index is 469. The zero-order chi connectivity index (χ0) is 11.7. The highest BCUT2D eigenvalue weighted by molar-refractivity contribution is 5.71. The summed E-state index contributed by atoms with van der Waals surface area (Å²) < 4.78 is 1.44. The predicted octanol–water partition coefficient (Wildman–Crippen LogP) is -0.309. The number of nitrogens with zero attached hydrogens (tertiary/aromatic N) is 3. The van der Waals surface area contributed by atoms with Crippen molar-refractivity contribution >= 4 is 11.8 Å². The highest BCUT2D eigenvalue weighted by Crippen LogP contribution is 2.19. The van der Waals surface area contributed by atoms with Crippen LogP contribution in [-0.4, -0.2) is 33.7 Å². The zero-order valence-electron chi connectivity index (χ0n) is 8.96. The molecule has 1 fully saturated rings. The van der Waals surface area contributed by atoms with Crippen LogP contribution in [0.5, 0.6) is 0 Å². The van der Waals surface area contributed by atoms with Crippen molar-refractivity contribution < 1.29 is 9.90 Å². The molecule has 1 atom stereocenters. The van der Waals surface area contributed by atoms with Crippen molar-refractivity contribution in [3.05, 3.63) is 22.7 Å². The number of aromatic nitrogens is 2. The number of anilines is 1. The van der Waals surface area contributed by atoms with Crippen LogP contribution in [-0.2, 0) is 11.8 Å². The molecule has 1 N–H and O–H groups in total. The molecule has 6 nitrogen and oxygen atoms in total. The Kier molecular flexibility index (Phi) is 2.64. The molecule has 1 aromatic heterocycles. The van der Waals surface area contributed by atoms with E-state index >= 15 is 0 Å². The number of hydrogen-bond acceptors (Lipinski definition) is 4. The zero-order valence-corrected chi connectivity index (χ0v) is 8.96. The Morgan fingerprint density at radius 3 is 3.00 bits per heavy atom. The molecule has 16 heavy (non-hydrogen) atoms. The minimum absolute atomic E-state index is 0.187. The molecule has 1 saturated heterocycles. The highest BCUT2D eigenvalue weighted by atomic mass is 16.4. The van der Waals surface area contributed by atoms with E-state index in [1.807, 2.05) is 0 Å². The van der Waals surface area contributed by atoms with Gasteiger partial charge in [0, 0.05) is 32.5 Å². The van der Waals surface area contributed by atoms with Gasteiger partial charge in [0.15, 0.2) is 5.82 Å². The fourth-order valence-electron chi connectivity index (χ4n) is 1.86. The van der Waals surface area contributed by atoms with E-state index < -0.39 is 11.9 Å². The second-order valence-corrected chi connectivity index (χ2v) is 3.94. The van der Waals surface area contributed by atoms with E-state index in [2.05, 4.69) is 4.98 Å².